The number of hydrogen-bond acceptors (Lipinski definition) is 3. The van der Waals surface area contributed by atoms with Crippen LogP contribution >= 0.6 is 0 Å². The van der Waals surface area contributed by atoms with Crippen LogP contribution in [0.15, 0.2) is 18.2 Å². The number of unbranched alkanes of at least 4 members (excludes halogenated alkanes) is 3. The second-order valence-electron chi connectivity index (χ2n) is 3.93. The van der Waals surface area contributed by atoms with Gasteiger partial charge in [-0.15, -0.1) is 0 Å². The van der Waals surface area contributed by atoms with Crippen LogP contribution in [0.4, 0.5) is 0 Å². The van der Waals surface area contributed by atoms with Crippen molar-refractivity contribution in [3.8, 4) is 11.5 Å². The van der Waals surface area contributed by atoms with E-state index < -0.39 is 0 Å². The molecule has 0 N–H and O–H groups in total. The van der Waals surface area contributed by atoms with Crippen molar-refractivity contribution >= 4 is 6.29 Å². The molecule has 0 saturated heterocycles. The summed E-state index contributed by atoms with van der Waals surface area (Å²) >= 11 is 0. The zero-order chi connectivity index (χ0) is 12.5. The van der Waals surface area contributed by atoms with Crippen LogP contribution in [-0.2, 0) is 0 Å². The van der Waals surface area contributed by atoms with Crippen molar-refractivity contribution in [1.29, 1.82) is 0 Å². The average Bonchev–Trinajstić information content (AvgIpc) is 2.38. The maximum absolute atomic E-state index is 10.7. The van der Waals surface area contributed by atoms with Crippen LogP contribution < -0.4 is 9.47 Å². The van der Waals surface area contributed by atoms with Gasteiger partial charge in [-0.05, 0) is 18.6 Å². The number of carbonyl (C=O) groups excluding carboxylic acids is 1. The predicted octanol–water partition coefficient (Wildman–Crippen LogP) is 3.47. The van der Waals surface area contributed by atoms with E-state index in [4.69, 9.17) is 9.47 Å². The summed E-state index contributed by atoms with van der Waals surface area (Å²) in [5.74, 6) is 1.31. The van der Waals surface area contributed by atoms with Crippen LogP contribution in [-0.4, -0.2) is 20.0 Å². The fourth-order valence-electron chi connectivity index (χ4n) is 1.60. The fraction of sp³-hybridized carbons (Fsp3) is 0.500. The number of aldehydes is 1. The van der Waals surface area contributed by atoms with Crippen LogP contribution in [0, 0.1) is 0 Å². The van der Waals surface area contributed by atoms with Gasteiger partial charge in [-0.2, -0.15) is 0 Å². The summed E-state index contributed by atoms with van der Waals surface area (Å²) < 4.78 is 10.7. The number of benzene rings is 1. The first-order valence-electron chi connectivity index (χ1n) is 6.07. The van der Waals surface area contributed by atoms with Crippen molar-refractivity contribution in [2.24, 2.45) is 0 Å². The Morgan fingerprint density at radius 2 is 2.06 bits per heavy atom. The maximum Gasteiger partial charge on any atom is 0.153 e. The summed E-state index contributed by atoms with van der Waals surface area (Å²) in [6.45, 7) is 2.90. The molecule has 0 atom stereocenters. The number of hydrogen-bond donors (Lipinski definition) is 0. The molecule has 0 unspecified atom stereocenters. The quantitative estimate of drug-likeness (QED) is 0.512. The molecule has 0 saturated carbocycles. The van der Waals surface area contributed by atoms with E-state index in [-0.39, 0.29) is 0 Å². The minimum atomic E-state index is 0.547. The molecule has 0 aliphatic heterocycles. The lowest BCUT2D eigenvalue weighted by Crippen LogP contribution is -1.98. The van der Waals surface area contributed by atoms with Crippen molar-refractivity contribution in [2.75, 3.05) is 13.7 Å². The van der Waals surface area contributed by atoms with E-state index in [1.807, 2.05) is 0 Å². The third-order valence-electron chi connectivity index (χ3n) is 2.60. The van der Waals surface area contributed by atoms with Gasteiger partial charge in [-0.25, -0.2) is 0 Å². The van der Waals surface area contributed by atoms with Gasteiger partial charge in [-0.1, -0.05) is 26.2 Å². The Balaban J connectivity index is 2.46. The summed E-state index contributed by atoms with van der Waals surface area (Å²) in [5, 5.41) is 0. The van der Waals surface area contributed by atoms with Crippen LogP contribution in [0.25, 0.3) is 0 Å². The van der Waals surface area contributed by atoms with E-state index in [0.717, 1.165) is 18.5 Å². The molecule has 0 aliphatic carbocycles. The molecule has 0 heterocycles. The smallest absolute Gasteiger partial charge is 0.153 e. The maximum atomic E-state index is 10.7. The first-order valence-corrected chi connectivity index (χ1v) is 6.07. The fourth-order valence-corrected chi connectivity index (χ4v) is 1.60. The number of ether oxygens (including phenoxy) is 2. The van der Waals surface area contributed by atoms with Gasteiger partial charge in [0, 0.05) is 6.07 Å². The van der Waals surface area contributed by atoms with Gasteiger partial charge in [-0.3, -0.25) is 4.79 Å². The Bertz CT molecular complexity index is 347. The summed E-state index contributed by atoms with van der Waals surface area (Å²) in [6.07, 6.45) is 5.51. The monoisotopic (exact) mass is 236 g/mol. The Kier molecular flexibility index (Phi) is 6.15. The van der Waals surface area contributed by atoms with Crippen molar-refractivity contribution in [2.45, 2.75) is 32.6 Å². The van der Waals surface area contributed by atoms with E-state index in [0.29, 0.717) is 17.9 Å². The molecular formula is C14H20O3. The van der Waals surface area contributed by atoms with Gasteiger partial charge in [0.2, 0.25) is 0 Å². The first kappa shape index (κ1) is 13.6. The standard InChI is InChI=1S/C14H20O3/c1-3-4-5-6-9-17-13-8-7-12(11-15)14(10-13)16-2/h7-8,10-11H,3-6,9H2,1-2H3. The lowest BCUT2D eigenvalue weighted by molar-refractivity contribution is 0.112. The summed E-state index contributed by atoms with van der Waals surface area (Å²) in [5.41, 5.74) is 0.547. The molecule has 3 heteroatoms. The normalized spacial score (nSPS) is 10.0. The van der Waals surface area contributed by atoms with Crippen molar-refractivity contribution in [3.05, 3.63) is 23.8 Å². The van der Waals surface area contributed by atoms with Crippen LogP contribution in [0.1, 0.15) is 43.0 Å². The third-order valence-corrected chi connectivity index (χ3v) is 2.60. The molecular weight excluding hydrogens is 216 g/mol. The molecule has 0 fully saturated rings. The Morgan fingerprint density at radius 3 is 2.71 bits per heavy atom. The van der Waals surface area contributed by atoms with Crippen LogP contribution in [0.5, 0.6) is 11.5 Å². The summed E-state index contributed by atoms with van der Waals surface area (Å²) in [6, 6.07) is 5.27. The largest absolute Gasteiger partial charge is 0.496 e. The van der Waals surface area contributed by atoms with Gasteiger partial charge >= 0.3 is 0 Å². The predicted molar refractivity (Wildman–Crippen MR) is 68.0 cm³/mol. The van der Waals surface area contributed by atoms with E-state index in [9.17, 15) is 4.79 Å². The molecule has 1 aromatic rings. The van der Waals surface area contributed by atoms with Crippen molar-refractivity contribution in [3.63, 3.8) is 0 Å². The average molecular weight is 236 g/mol. The molecule has 1 aromatic carbocycles. The highest BCUT2D eigenvalue weighted by molar-refractivity contribution is 5.79. The summed E-state index contributed by atoms with van der Waals surface area (Å²) in [7, 11) is 1.55. The minimum absolute atomic E-state index is 0.547. The molecule has 0 aromatic heterocycles. The summed E-state index contributed by atoms with van der Waals surface area (Å²) in [4.78, 5) is 10.7. The van der Waals surface area contributed by atoms with Crippen LogP contribution in [0.2, 0.25) is 0 Å². The molecule has 0 bridgehead atoms. The molecule has 17 heavy (non-hydrogen) atoms. The highest BCUT2D eigenvalue weighted by atomic mass is 16.5. The molecule has 0 aliphatic rings. The highest BCUT2D eigenvalue weighted by Crippen LogP contribution is 2.23. The third kappa shape index (κ3) is 4.47. The second kappa shape index (κ2) is 7.71. The van der Waals surface area contributed by atoms with Gasteiger partial charge < -0.3 is 9.47 Å². The minimum Gasteiger partial charge on any atom is -0.496 e. The zero-order valence-corrected chi connectivity index (χ0v) is 10.6. The number of carbonyl (C=O) groups is 1. The van der Waals surface area contributed by atoms with Crippen LogP contribution in [0.3, 0.4) is 0 Å². The SMILES string of the molecule is CCCCCCOc1ccc(C=O)c(OC)c1. The van der Waals surface area contributed by atoms with E-state index in [1.54, 1.807) is 25.3 Å². The van der Waals surface area contributed by atoms with Gasteiger partial charge in [0.25, 0.3) is 0 Å². The van der Waals surface area contributed by atoms with E-state index >= 15 is 0 Å². The molecule has 1 rings (SSSR count). The lowest BCUT2D eigenvalue weighted by Gasteiger charge is -2.09. The topological polar surface area (TPSA) is 35.5 Å². The van der Waals surface area contributed by atoms with Gasteiger partial charge in [0.15, 0.2) is 6.29 Å². The zero-order valence-electron chi connectivity index (χ0n) is 10.6. The number of rotatable bonds is 8. The highest BCUT2D eigenvalue weighted by Gasteiger charge is 2.03. The van der Waals surface area contributed by atoms with Gasteiger partial charge in [0.05, 0.1) is 19.3 Å². The Morgan fingerprint density at radius 1 is 1.24 bits per heavy atom. The molecule has 0 spiro atoms. The van der Waals surface area contributed by atoms with Crippen molar-refractivity contribution < 1.29 is 14.3 Å². The molecule has 0 radical (unpaired) electrons. The van der Waals surface area contributed by atoms with E-state index in [1.165, 1.54) is 19.3 Å². The molecule has 3 nitrogen and oxygen atoms in total. The Labute approximate surface area is 103 Å². The molecule has 94 valence electrons. The van der Waals surface area contributed by atoms with Crippen molar-refractivity contribution in [1.82, 2.24) is 0 Å². The Hall–Kier alpha value is -1.51. The van der Waals surface area contributed by atoms with E-state index in [2.05, 4.69) is 6.92 Å². The molecule has 0 amide bonds. The first-order chi connectivity index (χ1) is 8.31. The second-order valence-corrected chi connectivity index (χ2v) is 3.93. The van der Waals surface area contributed by atoms with Gasteiger partial charge in [0.1, 0.15) is 11.5 Å². The number of methoxy groups -OCH3 is 1. The lowest BCUT2D eigenvalue weighted by atomic mass is 10.2.